The Labute approximate surface area is 100 Å². The van der Waals surface area contributed by atoms with Gasteiger partial charge in [0.1, 0.15) is 5.75 Å². The van der Waals surface area contributed by atoms with E-state index in [4.69, 9.17) is 0 Å². The number of nitrogens with one attached hydrogen (secondary N) is 1. The summed E-state index contributed by atoms with van der Waals surface area (Å²) in [6.07, 6.45) is 0. The van der Waals surface area contributed by atoms with Crippen LogP contribution in [0.2, 0.25) is 0 Å². The second kappa shape index (κ2) is 5.34. The van der Waals surface area contributed by atoms with Crippen LogP contribution in [0, 0.1) is 6.92 Å². The number of carbonyl (C=O) groups is 2. The molecule has 0 aliphatic carbocycles. The second-order valence-electron chi connectivity index (χ2n) is 3.97. The summed E-state index contributed by atoms with van der Waals surface area (Å²) in [5.74, 6) is -0.379. The van der Waals surface area contributed by atoms with Gasteiger partial charge in [-0.3, -0.25) is 9.59 Å². The Morgan fingerprint density at radius 3 is 2.53 bits per heavy atom. The van der Waals surface area contributed by atoms with E-state index < -0.39 is 0 Å². The van der Waals surface area contributed by atoms with Gasteiger partial charge in [-0.1, -0.05) is 0 Å². The van der Waals surface area contributed by atoms with Crippen LogP contribution in [0.5, 0.6) is 5.75 Å². The number of phenols is 1. The lowest BCUT2D eigenvalue weighted by atomic mass is 10.1. The normalized spacial score (nSPS) is 9.82. The third kappa shape index (κ3) is 3.48. The average molecular weight is 236 g/mol. The molecule has 2 N–H and O–H groups in total. The highest BCUT2D eigenvalue weighted by Gasteiger charge is 2.11. The fourth-order valence-corrected chi connectivity index (χ4v) is 1.31. The van der Waals surface area contributed by atoms with Crippen LogP contribution in [0.3, 0.4) is 0 Å². The minimum absolute atomic E-state index is 0.0356. The number of aromatic hydroxyl groups is 1. The molecule has 5 heteroatoms. The topological polar surface area (TPSA) is 69.6 Å². The molecule has 0 aliphatic rings. The monoisotopic (exact) mass is 236 g/mol. The van der Waals surface area contributed by atoms with Gasteiger partial charge in [-0.25, -0.2) is 0 Å². The Kier molecular flexibility index (Phi) is 4.09. The second-order valence-corrected chi connectivity index (χ2v) is 3.97. The molecular formula is C12H16N2O3. The van der Waals surface area contributed by atoms with Gasteiger partial charge in [-0.2, -0.15) is 0 Å². The van der Waals surface area contributed by atoms with Gasteiger partial charge in [0.15, 0.2) is 0 Å². The molecule has 5 nitrogen and oxygen atoms in total. The van der Waals surface area contributed by atoms with Crippen molar-refractivity contribution in [2.75, 3.05) is 20.6 Å². The van der Waals surface area contributed by atoms with Crippen molar-refractivity contribution >= 4 is 11.8 Å². The Morgan fingerprint density at radius 1 is 1.35 bits per heavy atom. The number of aryl methyl sites for hydroxylation is 1. The summed E-state index contributed by atoms with van der Waals surface area (Å²) in [6.45, 7) is 1.69. The van der Waals surface area contributed by atoms with Gasteiger partial charge in [-0.15, -0.1) is 0 Å². The lowest BCUT2D eigenvalue weighted by Gasteiger charge is -2.11. The van der Waals surface area contributed by atoms with Crippen LogP contribution in [0.1, 0.15) is 15.9 Å². The van der Waals surface area contributed by atoms with E-state index in [1.165, 1.54) is 23.1 Å². The fourth-order valence-electron chi connectivity index (χ4n) is 1.31. The molecule has 0 spiro atoms. The first-order chi connectivity index (χ1) is 7.91. The van der Waals surface area contributed by atoms with E-state index in [2.05, 4.69) is 5.32 Å². The van der Waals surface area contributed by atoms with Gasteiger partial charge >= 0.3 is 0 Å². The molecule has 0 saturated carbocycles. The highest BCUT2D eigenvalue weighted by Crippen LogP contribution is 2.15. The van der Waals surface area contributed by atoms with Gasteiger partial charge in [-0.05, 0) is 30.7 Å². The molecule has 0 radical (unpaired) electrons. The van der Waals surface area contributed by atoms with E-state index in [9.17, 15) is 14.7 Å². The van der Waals surface area contributed by atoms with Crippen LogP contribution in [-0.2, 0) is 4.79 Å². The van der Waals surface area contributed by atoms with E-state index >= 15 is 0 Å². The van der Waals surface area contributed by atoms with Crippen molar-refractivity contribution in [1.29, 1.82) is 0 Å². The quantitative estimate of drug-likeness (QED) is 0.803. The average Bonchev–Trinajstić information content (AvgIpc) is 2.25. The van der Waals surface area contributed by atoms with Crippen LogP contribution in [-0.4, -0.2) is 42.5 Å². The third-order valence-corrected chi connectivity index (χ3v) is 2.35. The fraction of sp³-hybridized carbons (Fsp3) is 0.333. The summed E-state index contributed by atoms with van der Waals surface area (Å²) in [7, 11) is 3.25. The number of likely N-dealkylation sites (N-methyl/N-ethyl adjacent to an activating group) is 1. The van der Waals surface area contributed by atoms with Crippen molar-refractivity contribution in [3.63, 3.8) is 0 Å². The van der Waals surface area contributed by atoms with Gasteiger partial charge < -0.3 is 15.3 Å². The number of benzene rings is 1. The number of nitrogens with zero attached hydrogens (tertiary/aromatic N) is 1. The first-order valence-corrected chi connectivity index (χ1v) is 5.20. The zero-order valence-corrected chi connectivity index (χ0v) is 10.2. The van der Waals surface area contributed by atoms with Crippen LogP contribution < -0.4 is 5.32 Å². The molecule has 2 amide bonds. The van der Waals surface area contributed by atoms with E-state index in [1.807, 2.05) is 0 Å². The molecule has 1 rings (SSSR count). The molecule has 0 atom stereocenters. The first-order valence-electron chi connectivity index (χ1n) is 5.20. The number of phenolic OH excluding ortho intramolecular Hbond substituents is 1. The summed E-state index contributed by atoms with van der Waals surface area (Å²) < 4.78 is 0. The molecule has 92 valence electrons. The number of rotatable bonds is 3. The van der Waals surface area contributed by atoms with Gasteiger partial charge in [0, 0.05) is 19.7 Å². The number of hydrogen-bond donors (Lipinski definition) is 2. The van der Waals surface area contributed by atoms with Crippen molar-refractivity contribution in [3.05, 3.63) is 29.3 Å². The highest BCUT2D eigenvalue weighted by molar-refractivity contribution is 5.97. The summed E-state index contributed by atoms with van der Waals surface area (Å²) in [6, 6.07) is 4.47. The molecule has 1 aromatic rings. The molecular weight excluding hydrogens is 220 g/mol. The number of hydrogen-bond acceptors (Lipinski definition) is 3. The summed E-state index contributed by atoms with van der Waals surface area (Å²) in [5.41, 5.74) is 1.12. The molecule has 0 unspecified atom stereocenters. The molecule has 0 saturated heterocycles. The maximum absolute atomic E-state index is 11.7. The minimum Gasteiger partial charge on any atom is -0.508 e. The standard InChI is InChI=1S/C12H16N2O3/c1-8-6-9(15)4-5-10(8)12(17)13-7-11(16)14(2)3/h4-6,15H,7H2,1-3H3,(H,13,17). The number of amides is 2. The predicted molar refractivity (Wildman–Crippen MR) is 63.9 cm³/mol. The predicted octanol–water partition coefficient (Wildman–Crippen LogP) is 0.519. The highest BCUT2D eigenvalue weighted by atomic mass is 16.3. The maximum Gasteiger partial charge on any atom is 0.251 e. The summed E-state index contributed by atoms with van der Waals surface area (Å²) in [5, 5.41) is 11.7. The zero-order chi connectivity index (χ0) is 13.0. The largest absolute Gasteiger partial charge is 0.508 e. The van der Waals surface area contributed by atoms with E-state index in [0.29, 0.717) is 11.1 Å². The third-order valence-electron chi connectivity index (χ3n) is 2.35. The van der Waals surface area contributed by atoms with Gasteiger partial charge in [0.05, 0.1) is 6.54 Å². The van der Waals surface area contributed by atoms with Crippen molar-refractivity contribution < 1.29 is 14.7 Å². The first kappa shape index (κ1) is 13.0. The van der Waals surface area contributed by atoms with Crippen LogP contribution in [0.15, 0.2) is 18.2 Å². The van der Waals surface area contributed by atoms with Crippen LogP contribution >= 0.6 is 0 Å². The zero-order valence-electron chi connectivity index (χ0n) is 10.2. The van der Waals surface area contributed by atoms with E-state index in [-0.39, 0.29) is 24.1 Å². The number of carbonyl (C=O) groups excluding carboxylic acids is 2. The molecule has 0 heterocycles. The SMILES string of the molecule is Cc1cc(O)ccc1C(=O)NCC(=O)N(C)C. The Bertz CT molecular complexity index is 441. The Hall–Kier alpha value is -2.04. The van der Waals surface area contributed by atoms with Crippen LogP contribution in [0.25, 0.3) is 0 Å². The molecule has 0 aliphatic heterocycles. The smallest absolute Gasteiger partial charge is 0.251 e. The lowest BCUT2D eigenvalue weighted by molar-refractivity contribution is -0.127. The Balaban J connectivity index is 2.68. The van der Waals surface area contributed by atoms with Crippen molar-refractivity contribution in [2.45, 2.75) is 6.92 Å². The summed E-state index contributed by atoms with van der Waals surface area (Å²) >= 11 is 0. The van der Waals surface area contributed by atoms with Gasteiger partial charge in [0.25, 0.3) is 5.91 Å². The Morgan fingerprint density at radius 2 is 2.00 bits per heavy atom. The maximum atomic E-state index is 11.7. The molecule has 0 aromatic heterocycles. The van der Waals surface area contributed by atoms with E-state index in [1.54, 1.807) is 21.0 Å². The molecule has 1 aromatic carbocycles. The summed E-state index contributed by atoms with van der Waals surface area (Å²) in [4.78, 5) is 24.4. The minimum atomic E-state index is -0.322. The van der Waals surface area contributed by atoms with Crippen molar-refractivity contribution in [2.24, 2.45) is 0 Å². The molecule has 0 fully saturated rings. The van der Waals surface area contributed by atoms with Crippen molar-refractivity contribution in [3.8, 4) is 5.75 Å². The van der Waals surface area contributed by atoms with Gasteiger partial charge in [0.2, 0.25) is 5.91 Å². The van der Waals surface area contributed by atoms with Crippen LogP contribution in [0.4, 0.5) is 0 Å². The van der Waals surface area contributed by atoms with Crippen molar-refractivity contribution in [1.82, 2.24) is 10.2 Å². The van der Waals surface area contributed by atoms with E-state index in [0.717, 1.165) is 0 Å². The molecule has 17 heavy (non-hydrogen) atoms. The molecule has 0 bridgehead atoms. The lowest BCUT2D eigenvalue weighted by Crippen LogP contribution is -2.36.